The van der Waals surface area contributed by atoms with Crippen molar-refractivity contribution in [1.29, 1.82) is 0 Å². The summed E-state index contributed by atoms with van der Waals surface area (Å²) in [5.41, 5.74) is 2.28. The molecule has 0 spiro atoms. The molecule has 0 aliphatic carbocycles. The lowest BCUT2D eigenvalue weighted by Gasteiger charge is -2.07. The van der Waals surface area contributed by atoms with Crippen LogP contribution < -0.4 is 5.32 Å². The van der Waals surface area contributed by atoms with Crippen molar-refractivity contribution >= 4 is 17.6 Å². The number of furan rings is 1. The maximum absolute atomic E-state index is 11.9. The van der Waals surface area contributed by atoms with E-state index in [2.05, 4.69) is 12.2 Å². The second-order valence-corrected chi connectivity index (χ2v) is 5.75. The second kappa shape index (κ2) is 8.34. The van der Waals surface area contributed by atoms with E-state index in [1.54, 1.807) is 19.9 Å². The Hall–Kier alpha value is -2.56. The smallest absolute Gasteiger partial charge is 0.342 e. The molecule has 1 aromatic carbocycles. The van der Waals surface area contributed by atoms with Crippen LogP contribution in [-0.2, 0) is 16.0 Å². The fraction of sp³-hybridized carbons (Fsp3) is 0.368. The van der Waals surface area contributed by atoms with Gasteiger partial charge in [0.2, 0.25) is 0 Å². The largest absolute Gasteiger partial charge is 0.466 e. The van der Waals surface area contributed by atoms with Gasteiger partial charge < -0.3 is 14.5 Å². The number of ether oxygens (including phenoxy) is 1. The topological polar surface area (TPSA) is 68.5 Å². The molecule has 0 unspecified atom stereocenters. The number of unbranched alkanes of at least 4 members (excludes halogenated alkanes) is 1. The first-order valence-corrected chi connectivity index (χ1v) is 8.12. The molecule has 2 rings (SSSR count). The molecule has 0 fully saturated rings. The number of hydrogen-bond donors (Lipinski definition) is 1. The average Bonchev–Trinajstić information content (AvgIpc) is 2.90. The maximum Gasteiger partial charge on any atom is 0.342 e. The normalized spacial score (nSPS) is 10.5. The number of esters is 1. The molecule has 5 heteroatoms. The predicted octanol–water partition coefficient (Wildman–Crippen LogP) is 4.03. The first-order valence-electron chi connectivity index (χ1n) is 8.12. The molecule has 0 aliphatic heterocycles. The Morgan fingerprint density at radius 1 is 1.17 bits per heavy atom. The van der Waals surface area contributed by atoms with E-state index in [1.807, 2.05) is 24.3 Å². The van der Waals surface area contributed by atoms with E-state index >= 15 is 0 Å². The molecule has 1 N–H and O–H groups in total. The molecule has 24 heavy (non-hydrogen) atoms. The SMILES string of the molecule is CCCCc1ccc(NC(=O)COC(=O)c2cc(C)oc2C)cc1. The second-order valence-electron chi connectivity index (χ2n) is 5.75. The van der Waals surface area contributed by atoms with E-state index in [1.165, 1.54) is 5.56 Å². The van der Waals surface area contributed by atoms with Crippen LogP contribution >= 0.6 is 0 Å². The highest BCUT2D eigenvalue weighted by atomic mass is 16.5. The van der Waals surface area contributed by atoms with Crippen molar-refractivity contribution in [3.8, 4) is 0 Å². The Kier molecular flexibility index (Phi) is 6.18. The number of aryl methyl sites for hydroxylation is 3. The number of carbonyl (C=O) groups is 2. The highest BCUT2D eigenvalue weighted by molar-refractivity contribution is 5.95. The summed E-state index contributed by atoms with van der Waals surface area (Å²) < 4.78 is 10.3. The molecule has 0 bridgehead atoms. The minimum atomic E-state index is -0.561. The van der Waals surface area contributed by atoms with Crippen molar-refractivity contribution in [3.05, 3.63) is 53.0 Å². The third-order valence-corrected chi connectivity index (χ3v) is 3.65. The average molecular weight is 329 g/mol. The van der Waals surface area contributed by atoms with Gasteiger partial charge in [-0.1, -0.05) is 25.5 Å². The molecule has 0 atom stereocenters. The lowest BCUT2D eigenvalue weighted by atomic mass is 10.1. The minimum absolute atomic E-state index is 0.333. The zero-order valence-electron chi connectivity index (χ0n) is 14.3. The highest BCUT2D eigenvalue weighted by Gasteiger charge is 2.16. The van der Waals surface area contributed by atoms with Gasteiger partial charge in [-0.05, 0) is 50.5 Å². The minimum Gasteiger partial charge on any atom is -0.466 e. The summed E-state index contributed by atoms with van der Waals surface area (Å²) in [4.78, 5) is 23.8. The zero-order chi connectivity index (χ0) is 17.5. The van der Waals surface area contributed by atoms with Crippen molar-refractivity contribution in [1.82, 2.24) is 0 Å². The lowest BCUT2D eigenvalue weighted by Crippen LogP contribution is -2.21. The van der Waals surface area contributed by atoms with E-state index in [0.717, 1.165) is 19.3 Å². The van der Waals surface area contributed by atoms with E-state index in [0.29, 0.717) is 22.8 Å². The van der Waals surface area contributed by atoms with Crippen molar-refractivity contribution < 1.29 is 18.7 Å². The maximum atomic E-state index is 11.9. The summed E-state index contributed by atoms with van der Waals surface area (Å²) in [6.07, 6.45) is 3.33. The van der Waals surface area contributed by atoms with Gasteiger partial charge in [0.1, 0.15) is 17.1 Å². The lowest BCUT2D eigenvalue weighted by molar-refractivity contribution is -0.119. The molecule has 1 heterocycles. The molecule has 128 valence electrons. The standard InChI is InChI=1S/C19H23NO4/c1-4-5-6-15-7-9-16(10-8-15)20-18(21)12-23-19(22)17-11-13(2)24-14(17)3/h7-11H,4-6,12H2,1-3H3,(H,20,21). The van der Waals surface area contributed by atoms with E-state index in [9.17, 15) is 9.59 Å². The van der Waals surface area contributed by atoms with Gasteiger partial charge in [0.15, 0.2) is 6.61 Å². The molecular weight excluding hydrogens is 306 g/mol. The molecule has 0 radical (unpaired) electrons. The van der Waals surface area contributed by atoms with E-state index in [4.69, 9.17) is 9.15 Å². The third-order valence-electron chi connectivity index (χ3n) is 3.65. The van der Waals surface area contributed by atoms with Gasteiger partial charge in [0.05, 0.1) is 0 Å². The van der Waals surface area contributed by atoms with Crippen LogP contribution in [0.15, 0.2) is 34.7 Å². The summed E-state index contributed by atoms with van der Waals surface area (Å²) >= 11 is 0. The number of rotatable bonds is 7. The summed E-state index contributed by atoms with van der Waals surface area (Å²) in [5.74, 6) is 0.185. The predicted molar refractivity (Wildman–Crippen MR) is 92.1 cm³/mol. The van der Waals surface area contributed by atoms with Gasteiger partial charge in [0, 0.05) is 5.69 Å². The Morgan fingerprint density at radius 2 is 1.88 bits per heavy atom. The fourth-order valence-electron chi connectivity index (χ4n) is 2.38. The molecule has 1 amide bonds. The van der Waals surface area contributed by atoms with Crippen LogP contribution in [0, 0.1) is 13.8 Å². The van der Waals surface area contributed by atoms with Gasteiger partial charge in [-0.15, -0.1) is 0 Å². The van der Waals surface area contributed by atoms with Crippen LogP contribution in [-0.4, -0.2) is 18.5 Å². The van der Waals surface area contributed by atoms with Crippen molar-refractivity contribution in [2.24, 2.45) is 0 Å². The zero-order valence-corrected chi connectivity index (χ0v) is 14.3. The van der Waals surface area contributed by atoms with E-state index < -0.39 is 5.97 Å². The van der Waals surface area contributed by atoms with Gasteiger partial charge in [-0.3, -0.25) is 4.79 Å². The Balaban J connectivity index is 1.82. The molecule has 2 aromatic rings. The highest BCUT2D eigenvalue weighted by Crippen LogP contribution is 2.15. The Labute approximate surface area is 142 Å². The van der Waals surface area contributed by atoms with Gasteiger partial charge in [0.25, 0.3) is 5.91 Å². The van der Waals surface area contributed by atoms with Gasteiger partial charge in [-0.2, -0.15) is 0 Å². The van der Waals surface area contributed by atoms with Crippen LogP contribution in [0.1, 0.15) is 47.2 Å². The first-order chi connectivity index (χ1) is 11.5. The number of nitrogens with one attached hydrogen (secondary N) is 1. The molecule has 0 saturated heterocycles. The molecular formula is C19H23NO4. The summed E-state index contributed by atoms with van der Waals surface area (Å²) in [5, 5.41) is 2.71. The number of carbonyl (C=O) groups excluding carboxylic acids is 2. The van der Waals surface area contributed by atoms with E-state index in [-0.39, 0.29) is 12.5 Å². The van der Waals surface area contributed by atoms with Gasteiger partial charge >= 0.3 is 5.97 Å². The van der Waals surface area contributed by atoms with Gasteiger partial charge in [-0.25, -0.2) is 4.79 Å². The van der Waals surface area contributed by atoms with Crippen LogP contribution in [0.5, 0.6) is 0 Å². The number of benzene rings is 1. The van der Waals surface area contributed by atoms with Crippen molar-refractivity contribution in [3.63, 3.8) is 0 Å². The quantitative estimate of drug-likeness (QED) is 0.779. The Bertz CT molecular complexity index is 701. The molecule has 0 saturated carbocycles. The molecule has 1 aromatic heterocycles. The fourth-order valence-corrected chi connectivity index (χ4v) is 2.38. The Morgan fingerprint density at radius 3 is 2.46 bits per heavy atom. The van der Waals surface area contributed by atoms with Crippen LogP contribution in [0.2, 0.25) is 0 Å². The number of hydrogen-bond acceptors (Lipinski definition) is 4. The number of anilines is 1. The van der Waals surface area contributed by atoms with Crippen molar-refractivity contribution in [2.75, 3.05) is 11.9 Å². The molecule has 5 nitrogen and oxygen atoms in total. The third kappa shape index (κ3) is 4.98. The molecule has 0 aliphatic rings. The first kappa shape index (κ1) is 17.8. The van der Waals surface area contributed by atoms with Crippen LogP contribution in [0.4, 0.5) is 5.69 Å². The number of amides is 1. The summed E-state index contributed by atoms with van der Waals surface area (Å²) in [6.45, 7) is 5.26. The van der Waals surface area contributed by atoms with Crippen LogP contribution in [0.3, 0.4) is 0 Å². The van der Waals surface area contributed by atoms with Crippen LogP contribution in [0.25, 0.3) is 0 Å². The monoisotopic (exact) mass is 329 g/mol. The summed E-state index contributed by atoms with van der Waals surface area (Å²) in [7, 11) is 0. The summed E-state index contributed by atoms with van der Waals surface area (Å²) in [6, 6.07) is 9.30. The van der Waals surface area contributed by atoms with Crippen molar-refractivity contribution in [2.45, 2.75) is 40.0 Å².